The lowest BCUT2D eigenvalue weighted by molar-refractivity contribution is -0.132. The summed E-state index contributed by atoms with van der Waals surface area (Å²) < 4.78 is 21.5. The third kappa shape index (κ3) is 5.12. The topological polar surface area (TPSA) is 60.3 Å². The highest BCUT2D eigenvalue weighted by atomic mass is 32.2. The predicted octanol–water partition coefficient (Wildman–Crippen LogP) is 4.87. The van der Waals surface area contributed by atoms with Gasteiger partial charge in [0.1, 0.15) is 6.61 Å². The minimum atomic E-state index is -0.425. The summed E-state index contributed by atoms with van der Waals surface area (Å²) in [7, 11) is 0. The number of halogens is 1. The summed E-state index contributed by atoms with van der Waals surface area (Å²) >= 11 is 1.37. The van der Waals surface area contributed by atoms with Crippen LogP contribution in [0, 0.1) is 5.82 Å². The van der Waals surface area contributed by atoms with Gasteiger partial charge < -0.3 is 9.64 Å². The first-order chi connectivity index (χ1) is 15.7. The number of ether oxygens (including phenoxy) is 1. The van der Waals surface area contributed by atoms with Crippen LogP contribution in [0.1, 0.15) is 38.4 Å². The predicted molar refractivity (Wildman–Crippen MR) is 122 cm³/mol. The Morgan fingerprint density at radius 2 is 1.91 bits per heavy atom. The average Bonchev–Trinajstić information content (AvgIpc) is 3.25. The number of carbonyl (C=O) groups is 1. The number of carbonyl (C=O) groups excluding carboxylic acids is 1. The Balaban J connectivity index is 1.52. The van der Waals surface area contributed by atoms with Crippen LogP contribution >= 0.6 is 11.8 Å². The van der Waals surface area contributed by atoms with Gasteiger partial charge in [0, 0.05) is 18.3 Å². The van der Waals surface area contributed by atoms with E-state index in [1.165, 1.54) is 24.2 Å². The Morgan fingerprint density at radius 3 is 2.69 bits per heavy atom. The molecule has 0 saturated carbocycles. The zero-order valence-electron chi connectivity index (χ0n) is 18.1. The number of hydrogen-bond acceptors (Lipinski definition) is 5. The minimum absolute atomic E-state index is 0.0569. The van der Waals surface area contributed by atoms with E-state index in [4.69, 9.17) is 4.74 Å². The summed E-state index contributed by atoms with van der Waals surface area (Å²) in [5.41, 5.74) is 0.865. The third-order valence-corrected chi connectivity index (χ3v) is 6.57. The van der Waals surface area contributed by atoms with E-state index in [9.17, 15) is 9.18 Å². The van der Waals surface area contributed by atoms with Gasteiger partial charge in [-0.2, -0.15) is 0 Å². The van der Waals surface area contributed by atoms with Gasteiger partial charge >= 0.3 is 0 Å². The molecule has 0 bridgehead atoms. The Morgan fingerprint density at radius 1 is 1.12 bits per heavy atom. The van der Waals surface area contributed by atoms with Crippen molar-refractivity contribution < 1.29 is 13.9 Å². The highest BCUT2D eigenvalue weighted by molar-refractivity contribution is 7.99. The van der Waals surface area contributed by atoms with Crippen molar-refractivity contribution in [2.75, 3.05) is 12.3 Å². The lowest BCUT2D eigenvalue weighted by atomic mass is 10.0. The molecular formula is C24H27FN4O2S. The molecule has 6 nitrogen and oxygen atoms in total. The summed E-state index contributed by atoms with van der Waals surface area (Å²) in [6, 6.07) is 16.3. The minimum Gasteiger partial charge on any atom is -0.483 e. The molecular weight excluding hydrogens is 427 g/mol. The van der Waals surface area contributed by atoms with E-state index in [2.05, 4.69) is 17.1 Å². The van der Waals surface area contributed by atoms with Crippen LogP contribution in [0.2, 0.25) is 0 Å². The third-order valence-electron chi connectivity index (χ3n) is 5.65. The molecule has 4 rings (SSSR count). The average molecular weight is 455 g/mol. The Labute approximate surface area is 191 Å². The molecule has 1 fully saturated rings. The second-order valence-corrected chi connectivity index (χ2v) is 8.67. The normalized spacial score (nSPS) is 16.2. The van der Waals surface area contributed by atoms with Crippen molar-refractivity contribution >= 4 is 17.7 Å². The fourth-order valence-electron chi connectivity index (χ4n) is 3.99. The molecule has 0 N–H and O–H groups in total. The molecule has 1 aliphatic rings. The summed E-state index contributed by atoms with van der Waals surface area (Å²) in [5, 5.41) is 9.21. The quantitative estimate of drug-likeness (QED) is 0.455. The van der Waals surface area contributed by atoms with Crippen molar-refractivity contribution in [3.8, 4) is 11.4 Å². The van der Waals surface area contributed by atoms with Crippen LogP contribution < -0.4 is 4.74 Å². The maximum absolute atomic E-state index is 14.0. The van der Waals surface area contributed by atoms with E-state index in [1.807, 2.05) is 39.8 Å². The second kappa shape index (κ2) is 10.6. The lowest BCUT2D eigenvalue weighted by Crippen LogP contribution is -2.44. The highest BCUT2D eigenvalue weighted by Gasteiger charge is 2.26. The number of benzene rings is 2. The van der Waals surface area contributed by atoms with Crippen LogP contribution in [0.3, 0.4) is 0 Å². The Hall–Kier alpha value is -2.87. The largest absolute Gasteiger partial charge is 0.483 e. The van der Waals surface area contributed by atoms with Crippen molar-refractivity contribution in [1.29, 1.82) is 0 Å². The van der Waals surface area contributed by atoms with Gasteiger partial charge in [-0.05, 0) is 49.9 Å². The molecule has 8 heteroatoms. The smallest absolute Gasteiger partial charge is 0.233 e. The molecule has 1 aromatic heterocycles. The van der Waals surface area contributed by atoms with Gasteiger partial charge in [0.25, 0.3) is 0 Å². The van der Waals surface area contributed by atoms with Crippen LogP contribution in [0.5, 0.6) is 5.75 Å². The number of likely N-dealkylation sites (tertiary alicyclic amines) is 1. The van der Waals surface area contributed by atoms with Gasteiger partial charge in [0.15, 0.2) is 22.5 Å². The number of para-hydroxylation sites is 2. The van der Waals surface area contributed by atoms with Crippen LogP contribution in [0.15, 0.2) is 59.8 Å². The lowest BCUT2D eigenvalue weighted by Gasteiger charge is -2.35. The number of thioether (sulfide) groups is 1. The fourth-order valence-corrected chi connectivity index (χ4v) is 4.85. The molecule has 168 valence electrons. The molecule has 1 aliphatic heterocycles. The van der Waals surface area contributed by atoms with Gasteiger partial charge in [-0.15, -0.1) is 10.2 Å². The number of aromatic nitrogens is 3. The molecule has 0 spiro atoms. The molecule has 2 heterocycles. The second-order valence-electron chi connectivity index (χ2n) is 7.72. The first kappa shape index (κ1) is 22.3. The summed E-state index contributed by atoms with van der Waals surface area (Å²) in [6.45, 7) is 3.02. The maximum Gasteiger partial charge on any atom is 0.233 e. The molecule has 3 aromatic rings. The van der Waals surface area contributed by atoms with Crippen molar-refractivity contribution in [1.82, 2.24) is 19.7 Å². The first-order valence-electron chi connectivity index (χ1n) is 11.0. The highest BCUT2D eigenvalue weighted by Crippen LogP contribution is 2.26. The number of hydrogen-bond donors (Lipinski definition) is 0. The number of rotatable bonds is 8. The van der Waals surface area contributed by atoms with E-state index >= 15 is 0 Å². The summed E-state index contributed by atoms with van der Waals surface area (Å²) in [6.07, 6.45) is 4.30. The van der Waals surface area contributed by atoms with Gasteiger partial charge in [-0.25, -0.2) is 4.39 Å². The molecule has 2 aromatic carbocycles. The molecule has 0 aliphatic carbocycles. The zero-order chi connectivity index (χ0) is 22.3. The fraction of sp³-hybridized carbons (Fsp3) is 0.375. The van der Waals surface area contributed by atoms with E-state index in [0.29, 0.717) is 22.8 Å². The number of piperidine rings is 1. The van der Waals surface area contributed by atoms with Crippen LogP contribution in [-0.4, -0.2) is 43.9 Å². The Kier molecular flexibility index (Phi) is 7.42. The van der Waals surface area contributed by atoms with Crippen molar-refractivity contribution in [2.45, 2.75) is 50.4 Å². The van der Waals surface area contributed by atoms with Crippen LogP contribution in [0.25, 0.3) is 5.69 Å². The van der Waals surface area contributed by atoms with Gasteiger partial charge in [-0.3, -0.25) is 9.36 Å². The zero-order valence-corrected chi connectivity index (χ0v) is 18.9. The molecule has 1 unspecified atom stereocenters. The maximum atomic E-state index is 14.0. The summed E-state index contributed by atoms with van der Waals surface area (Å²) in [4.78, 5) is 14.9. The standard InChI is InChI=1S/C24H27FN4O2S/c1-2-18-10-8-9-15-28(18)23(30)17-32-24-27-26-22(29(24)19-11-4-3-5-12-19)16-31-21-14-7-6-13-20(21)25/h3-7,11-14,18H,2,8-10,15-17H2,1H3. The summed E-state index contributed by atoms with van der Waals surface area (Å²) in [5.74, 6) is 0.711. The van der Waals surface area contributed by atoms with Crippen molar-refractivity contribution in [3.63, 3.8) is 0 Å². The van der Waals surface area contributed by atoms with Gasteiger partial charge in [-0.1, -0.05) is 49.0 Å². The molecule has 32 heavy (non-hydrogen) atoms. The van der Waals surface area contributed by atoms with Gasteiger partial charge in [0.2, 0.25) is 5.91 Å². The van der Waals surface area contributed by atoms with E-state index in [0.717, 1.165) is 31.5 Å². The molecule has 0 radical (unpaired) electrons. The van der Waals surface area contributed by atoms with Gasteiger partial charge in [0.05, 0.1) is 5.75 Å². The van der Waals surface area contributed by atoms with E-state index < -0.39 is 5.82 Å². The van der Waals surface area contributed by atoms with Crippen LogP contribution in [0.4, 0.5) is 4.39 Å². The number of nitrogens with zero attached hydrogens (tertiary/aromatic N) is 4. The Bertz CT molecular complexity index is 1040. The monoisotopic (exact) mass is 454 g/mol. The van der Waals surface area contributed by atoms with Crippen molar-refractivity contribution in [2.24, 2.45) is 0 Å². The SMILES string of the molecule is CCC1CCCCN1C(=O)CSc1nnc(COc2ccccc2F)n1-c1ccccc1. The van der Waals surface area contributed by atoms with Crippen LogP contribution in [-0.2, 0) is 11.4 Å². The van der Waals surface area contributed by atoms with Crippen molar-refractivity contribution in [3.05, 3.63) is 66.2 Å². The first-order valence-corrected chi connectivity index (χ1v) is 11.9. The van der Waals surface area contributed by atoms with E-state index in [1.54, 1.807) is 18.2 Å². The molecule has 1 atom stereocenters. The number of amides is 1. The molecule has 1 amide bonds. The van der Waals surface area contributed by atoms with E-state index in [-0.39, 0.29) is 18.3 Å². The molecule has 1 saturated heterocycles.